The minimum Gasteiger partial charge on any atom is -0.444 e. The average Bonchev–Trinajstić information content (AvgIpc) is 2.85. The lowest BCUT2D eigenvalue weighted by molar-refractivity contribution is 0.0263. The molecule has 1 aromatic rings. The standard InChI is InChI=1S/C19H24ClN5O2/c1-5-13-14(11-21)16(20)23-17(15(13)12-22)24-7-6-8-25(10-9-24)18(26)27-19(2,3)4/h5-10H2,1-4H3. The monoisotopic (exact) mass is 389 g/mol. The van der Waals surface area contributed by atoms with Crippen molar-refractivity contribution in [2.75, 3.05) is 31.1 Å². The Morgan fingerprint density at radius 3 is 2.41 bits per heavy atom. The summed E-state index contributed by atoms with van der Waals surface area (Å²) >= 11 is 6.20. The lowest BCUT2D eigenvalue weighted by Gasteiger charge is -2.27. The molecular weight excluding hydrogens is 366 g/mol. The fraction of sp³-hybridized carbons (Fsp3) is 0.579. The predicted octanol–water partition coefficient (Wildman–Crippen LogP) is 3.49. The molecule has 144 valence electrons. The summed E-state index contributed by atoms with van der Waals surface area (Å²) in [4.78, 5) is 20.3. The Morgan fingerprint density at radius 1 is 1.19 bits per heavy atom. The minimum absolute atomic E-state index is 0.108. The number of amides is 1. The highest BCUT2D eigenvalue weighted by molar-refractivity contribution is 6.30. The molecule has 1 saturated heterocycles. The number of aromatic nitrogens is 1. The van der Waals surface area contributed by atoms with E-state index in [2.05, 4.69) is 11.1 Å². The van der Waals surface area contributed by atoms with Gasteiger partial charge in [0.05, 0.1) is 11.1 Å². The molecule has 1 aliphatic heterocycles. The van der Waals surface area contributed by atoms with E-state index in [0.29, 0.717) is 56.0 Å². The third kappa shape index (κ3) is 4.81. The molecule has 0 radical (unpaired) electrons. The first-order valence-electron chi connectivity index (χ1n) is 8.97. The summed E-state index contributed by atoms with van der Waals surface area (Å²) in [6, 6.07) is 4.22. The summed E-state index contributed by atoms with van der Waals surface area (Å²) < 4.78 is 5.45. The lowest BCUT2D eigenvalue weighted by Crippen LogP contribution is -2.39. The molecule has 0 spiro atoms. The molecule has 0 aliphatic carbocycles. The number of hydrogen-bond donors (Lipinski definition) is 0. The molecular formula is C19H24ClN5O2. The van der Waals surface area contributed by atoms with Gasteiger partial charge in [0.1, 0.15) is 28.7 Å². The first-order valence-corrected chi connectivity index (χ1v) is 9.35. The molecule has 0 saturated carbocycles. The first kappa shape index (κ1) is 20.8. The van der Waals surface area contributed by atoms with E-state index in [4.69, 9.17) is 16.3 Å². The van der Waals surface area contributed by atoms with Crippen molar-refractivity contribution >= 4 is 23.5 Å². The molecule has 2 heterocycles. The second kappa shape index (κ2) is 8.45. The fourth-order valence-corrected chi connectivity index (χ4v) is 3.28. The Morgan fingerprint density at radius 2 is 1.85 bits per heavy atom. The van der Waals surface area contributed by atoms with Crippen LogP contribution in [0.15, 0.2) is 0 Å². The molecule has 1 fully saturated rings. The van der Waals surface area contributed by atoms with E-state index in [9.17, 15) is 15.3 Å². The van der Waals surface area contributed by atoms with E-state index in [0.717, 1.165) is 0 Å². The van der Waals surface area contributed by atoms with Crippen molar-refractivity contribution in [3.63, 3.8) is 0 Å². The zero-order valence-electron chi connectivity index (χ0n) is 16.2. The third-order valence-corrected chi connectivity index (χ3v) is 4.54. The maximum atomic E-state index is 12.3. The van der Waals surface area contributed by atoms with Crippen molar-refractivity contribution < 1.29 is 9.53 Å². The van der Waals surface area contributed by atoms with Gasteiger partial charge in [-0.3, -0.25) is 0 Å². The van der Waals surface area contributed by atoms with E-state index >= 15 is 0 Å². The number of pyridine rings is 1. The Labute approximate surface area is 165 Å². The summed E-state index contributed by atoms with van der Waals surface area (Å²) in [5, 5.41) is 19.1. The van der Waals surface area contributed by atoms with Gasteiger partial charge in [-0.25, -0.2) is 9.78 Å². The number of rotatable bonds is 2. The summed E-state index contributed by atoms with van der Waals surface area (Å²) in [5.41, 5.74) is 0.701. The van der Waals surface area contributed by atoms with Crippen LogP contribution >= 0.6 is 11.6 Å². The number of carbonyl (C=O) groups is 1. The fourth-order valence-electron chi connectivity index (χ4n) is 3.04. The Kier molecular flexibility index (Phi) is 6.51. The summed E-state index contributed by atoms with van der Waals surface area (Å²) in [7, 11) is 0. The number of ether oxygens (including phenoxy) is 1. The maximum Gasteiger partial charge on any atom is 0.410 e. The van der Waals surface area contributed by atoms with E-state index in [1.165, 1.54) is 0 Å². The summed E-state index contributed by atoms with van der Waals surface area (Å²) in [6.45, 7) is 9.55. The second-order valence-electron chi connectivity index (χ2n) is 7.34. The van der Waals surface area contributed by atoms with Crippen molar-refractivity contribution in [3.8, 4) is 12.1 Å². The van der Waals surface area contributed by atoms with Gasteiger partial charge in [-0.2, -0.15) is 10.5 Å². The van der Waals surface area contributed by atoms with Gasteiger partial charge >= 0.3 is 6.09 Å². The van der Waals surface area contributed by atoms with Crippen LogP contribution in [0.4, 0.5) is 10.6 Å². The van der Waals surface area contributed by atoms with E-state index in [1.807, 2.05) is 38.7 Å². The van der Waals surface area contributed by atoms with Crippen molar-refractivity contribution in [1.82, 2.24) is 9.88 Å². The predicted molar refractivity (Wildman–Crippen MR) is 103 cm³/mol. The van der Waals surface area contributed by atoms with E-state index in [1.54, 1.807) is 4.90 Å². The molecule has 0 aromatic carbocycles. The normalized spacial score (nSPS) is 14.9. The van der Waals surface area contributed by atoms with Gasteiger partial charge in [-0.15, -0.1) is 0 Å². The Balaban J connectivity index is 2.28. The van der Waals surface area contributed by atoms with Crippen LogP contribution in [-0.4, -0.2) is 47.8 Å². The van der Waals surface area contributed by atoms with Crippen molar-refractivity contribution in [1.29, 1.82) is 10.5 Å². The molecule has 27 heavy (non-hydrogen) atoms. The molecule has 0 unspecified atom stereocenters. The molecule has 8 heteroatoms. The number of carbonyl (C=O) groups excluding carboxylic acids is 1. The number of hydrogen-bond acceptors (Lipinski definition) is 6. The molecule has 1 aromatic heterocycles. The van der Waals surface area contributed by atoms with Crippen LogP contribution in [0.3, 0.4) is 0 Å². The summed E-state index contributed by atoms with van der Waals surface area (Å²) in [6.07, 6.45) is 0.883. The minimum atomic E-state index is -0.546. The Bertz CT molecular complexity index is 804. The van der Waals surface area contributed by atoms with Crippen LogP contribution in [0.1, 0.15) is 50.8 Å². The van der Waals surface area contributed by atoms with E-state index in [-0.39, 0.29) is 16.8 Å². The lowest BCUT2D eigenvalue weighted by atomic mass is 10.0. The zero-order valence-corrected chi connectivity index (χ0v) is 16.9. The van der Waals surface area contributed by atoms with Gasteiger partial charge in [0, 0.05) is 26.2 Å². The highest BCUT2D eigenvalue weighted by Crippen LogP contribution is 2.30. The molecule has 0 N–H and O–H groups in total. The highest BCUT2D eigenvalue weighted by Gasteiger charge is 2.27. The Hall–Kier alpha value is -2.51. The molecule has 7 nitrogen and oxygen atoms in total. The molecule has 1 amide bonds. The van der Waals surface area contributed by atoms with Gasteiger partial charge < -0.3 is 14.5 Å². The summed E-state index contributed by atoms with van der Waals surface area (Å²) in [5.74, 6) is 0.476. The number of halogens is 1. The van der Waals surface area contributed by atoms with Crippen LogP contribution in [0.25, 0.3) is 0 Å². The van der Waals surface area contributed by atoms with Gasteiger partial charge in [0.15, 0.2) is 0 Å². The quantitative estimate of drug-likeness (QED) is 0.718. The molecule has 1 aliphatic rings. The molecule has 2 rings (SSSR count). The van der Waals surface area contributed by atoms with Crippen LogP contribution < -0.4 is 4.90 Å². The first-order chi connectivity index (χ1) is 12.7. The van der Waals surface area contributed by atoms with Gasteiger partial charge in [-0.05, 0) is 39.2 Å². The number of nitriles is 2. The maximum absolute atomic E-state index is 12.3. The van der Waals surface area contributed by atoms with Crippen molar-refractivity contribution in [2.24, 2.45) is 0 Å². The van der Waals surface area contributed by atoms with Gasteiger partial charge in [0.25, 0.3) is 0 Å². The number of nitrogens with zero attached hydrogens (tertiary/aromatic N) is 5. The van der Waals surface area contributed by atoms with E-state index < -0.39 is 5.60 Å². The smallest absolute Gasteiger partial charge is 0.410 e. The largest absolute Gasteiger partial charge is 0.444 e. The average molecular weight is 390 g/mol. The third-order valence-electron chi connectivity index (χ3n) is 4.26. The van der Waals surface area contributed by atoms with Crippen LogP contribution in [0.5, 0.6) is 0 Å². The van der Waals surface area contributed by atoms with Gasteiger partial charge in [0.2, 0.25) is 0 Å². The van der Waals surface area contributed by atoms with Crippen LogP contribution in [0.2, 0.25) is 5.15 Å². The second-order valence-corrected chi connectivity index (χ2v) is 7.70. The number of anilines is 1. The zero-order chi connectivity index (χ0) is 20.2. The SMILES string of the molecule is CCc1c(C#N)c(Cl)nc(N2CCCN(C(=O)OC(C)(C)C)CC2)c1C#N. The highest BCUT2D eigenvalue weighted by atomic mass is 35.5. The van der Waals surface area contributed by atoms with Crippen molar-refractivity contribution in [2.45, 2.75) is 46.1 Å². The van der Waals surface area contributed by atoms with Gasteiger partial charge in [-0.1, -0.05) is 18.5 Å². The van der Waals surface area contributed by atoms with Crippen molar-refractivity contribution in [3.05, 3.63) is 21.8 Å². The topological polar surface area (TPSA) is 93.2 Å². The molecule has 0 atom stereocenters. The van der Waals surface area contributed by atoms with Crippen LogP contribution in [-0.2, 0) is 11.2 Å². The molecule has 0 bridgehead atoms. The van der Waals surface area contributed by atoms with Crippen LogP contribution in [0, 0.1) is 22.7 Å².